The smallest absolute Gasteiger partial charge is 0.179 e. The Kier molecular flexibility index (Phi) is 4.01. The van der Waals surface area contributed by atoms with Gasteiger partial charge in [-0.1, -0.05) is 18.2 Å². The van der Waals surface area contributed by atoms with Crippen LogP contribution < -0.4 is 4.72 Å². The molecule has 1 aromatic rings. The molecule has 1 unspecified atom stereocenters. The zero-order valence-electron chi connectivity index (χ0n) is 8.61. The Morgan fingerprint density at radius 1 is 1.21 bits per heavy atom. The molecule has 0 aliphatic heterocycles. The molecule has 0 saturated heterocycles. The van der Waals surface area contributed by atoms with Crippen LogP contribution in [-0.4, -0.2) is 8.96 Å². The minimum atomic E-state index is -1.07. The molecule has 0 fully saturated rings. The summed E-state index contributed by atoms with van der Waals surface area (Å²) in [6.07, 6.45) is 0. The molecule has 0 saturated carbocycles. The van der Waals surface area contributed by atoms with Crippen LogP contribution in [0.25, 0.3) is 0 Å². The van der Waals surface area contributed by atoms with Crippen molar-refractivity contribution >= 4 is 26.5 Å². The van der Waals surface area contributed by atoms with E-state index in [2.05, 4.69) is 4.72 Å². The van der Waals surface area contributed by atoms with Crippen molar-refractivity contribution < 1.29 is 4.21 Å². The van der Waals surface area contributed by atoms with E-state index in [-0.39, 0.29) is 4.75 Å². The minimum Gasteiger partial charge on any atom is -0.296 e. The zero-order chi connectivity index (χ0) is 10.6. The maximum absolute atomic E-state index is 11.6. The molecule has 4 heteroatoms. The Hall–Kier alpha value is -0.480. The lowest BCUT2D eigenvalue weighted by Crippen LogP contribution is -2.12. The van der Waals surface area contributed by atoms with Crippen molar-refractivity contribution in [1.29, 1.82) is 0 Å². The van der Waals surface area contributed by atoms with E-state index in [9.17, 15) is 4.21 Å². The summed E-state index contributed by atoms with van der Waals surface area (Å²) in [5.74, 6) is 0. The number of nitrogens with one attached hydrogen (secondary N) is 1. The quantitative estimate of drug-likeness (QED) is 0.806. The summed E-state index contributed by atoms with van der Waals surface area (Å²) in [5.41, 5.74) is 0.891. The van der Waals surface area contributed by atoms with Gasteiger partial charge in [0.25, 0.3) is 0 Å². The van der Waals surface area contributed by atoms with Crippen molar-refractivity contribution in [2.24, 2.45) is 0 Å². The van der Waals surface area contributed by atoms with E-state index in [1.807, 2.05) is 51.1 Å². The van der Waals surface area contributed by atoms with E-state index < -0.39 is 10.0 Å². The molecule has 0 radical (unpaired) electrons. The highest BCUT2D eigenvalue weighted by Crippen LogP contribution is 2.27. The van der Waals surface area contributed by atoms with Gasteiger partial charge in [0.1, 0.15) is 0 Å². The number of hydrogen-bond acceptors (Lipinski definition) is 2. The Morgan fingerprint density at radius 3 is 2.29 bits per heavy atom. The summed E-state index contributed by atoms with van der Waals surface area (Å²) >= 11 is 0. The van der Waals surface area contributed by atoms with E-state index >= 15 is 0 Å². The molecule has 2 nitrogen and oxygen atoms in total. The molecular weight excluding hydrogens is 214 g/mol. The molecule has 78 valence electrons. The average molecular weight is 229 g/mol. The fourth-order valence-electron chi connectivity index (χ4n) is 0.850. The van der Waals surface area contributed by atoms with E-state index in [0.717, 1.165) is 5.69 Å². The number of anilines is 1. The number of hydrogen-bond donors (Lipinski definition) is 1. The summed E-state index contributed by atoms with van der Waals surface area (Å²) in [6.45, 7) is 6.13. The summed E-state index contributed by atoms with van der Waals surface area (Å²) < 4.78 is 14.5. The first-order valence-electron chi connectivity index (χ1n) is 4.40. The van der Waals surface area contributed by atoms with Gasteiger partial charge in [0.05, 0.1) is 0 Å². The first-order chi connectivity index (χ1) is 6.47. The lowest BCUT2D eigenvalue weighted by Gasteiger charge is -2.16. The van der Waals surface area contributed by atoms with E-state index in [4.69, 9.17) is 0 Å². The Bertz CT molecular complexity index is 306. The Balaban J connectivity index is 2.50. The lowest BCUT2D eigenvalue weighted by atomic mass is 10.3. The van der Waals surface area contributed by atoms with Crippen molar-refractivity contribution in [3.8, 4) is 0 Å². The van der Waals surface area contributed by atoms with Gasteiger partial charge in [-0.3, -0.25) is 4.72 Å². The molecular formula is C10H15NOS2. The minimum absolute atomic E-state index is 0.00659. The molecule has 0 spiro atoms. The van der Waals surface area contributed by atoms with Crippen LogP contribution in [0, 0.1) is 0 Å². The van der Waals surface area contributed by atoms with Crippen molar-refractivity contribution in [2.45, 2.75) is 25.5 Å². The molecule has 0 aliphatic carbocycles. The van der Waals surface area contributed by atoms with Crippen molar-refractivity contribution in [3.63, 3.8) is 0 Å². The van der Waals surface area contributed by atoms with Crippen LogP contribution in [0.1, 0.15) is 20.8 Å². The van der Waals surface area contributed by atoms with Crippen LogP contribution in [0.4, 0.5) is 5.69 Å². The number of para-hydroxylation sites is 1. The average Bonchev–Trinajstić information content (AvgIpc) is 2.02. The van der Waals surface area contributed by atoms with Gasteiger partial charge in [-0.15, -0.1) is 0 Å². The second kappa shape index (κ2) is 4.84. The molecule has 1 rings (SSSR count). The highest BCUT2D eigenvalue weighted by atomic mass is 33.1. The van der Waals surface area contributed by atoms with Crippen LogP contribution >= 0.6 is 10.8 Å². The second-order valence-corrected chi connectivity index (χ2v) is 7.37. The van der Waals surface area contributed by atoms with Crippen molar-refractivity contribution in [3.05, 3.63) is 30.3 Å². The Labute approximate surface area is 91.5 Å². The molecule has 0 heterocycles. The third-order valence-corrected chi connectivity index (χ3v) is 4.56. The number of rotatable bonds is 3. The molecule has 1 N–H and O–H groups in total. The first kappa shape index (κ1) is 11.6. The van der Waals surface area contributed by atoms with Gasteiger partial charge in [-0.2, -0.15) is 0 Å². The highest BCUT2D eigenvalue weighted by Gasteiger charge is 2.15. The first-order valence-corrected chi connectivity index (χ1v) is 6.89. The summed E-state index contributed by atoms with van der Waals surface area (Å²) in [4.78, 5) is 0. The SMILES string of the molecule is CC(C)(C)SS(=O)Nc1ccccc1. The van der Waals surface area contributed by atoms with Crippen LogP contribution in [0.2, 0.25) is 0 Å². The normalized spacial score (nSPS) is 13.6. The summed E-state index contributed by atoms with van der Waals surface area (Å²) in [6, 6.07) is 9.58. The third-order valence-electron chi connectivity index (χ3n) is 1.30. The van der Waals surface area contributed by atoms with Crippen molar-refractivity contribution in [2.75, 3.05) is 4.72 Å². The molecule has 1 aromatic carbocycles. The predicted octanol–water partition coefficient (Wildman–Crippen LogP) is 3.21. The topological polar surface area (TPSA) is 29.1 Å². The highest BCUT2D eigenvalue weighted by molar-refractivity contribution is 8.70. The van der Waals surface area contributed by atoms with Gasteiger partial charge in [0, 0.05) is 10.4 Å². The van der Waals surface area contributed by atoms with Crippen LogP contribution in [-0.2, 0) is 10.0 Å². The summed E-state index contributed by atoms with van der Waals surface area (Å²) in [7, 11) is 0.339. The standard InChI is InChI=1S/C10H15NOS2/c1-10(2,3)13-14(12)11-9-7-5-4-6-8-9/h4-8,11H,1-3H3. The van der Waals surface area contributed by atoms with Crippen LogP contribution in [0.5, 0.6) is 0 Å². The molecule has 14 heavy (non-hydrogen) atoms. The molecule has 0 amide bonds. The zero-order valence-corrected chi connectivity index (χ0v) is 10.2. The molecule has 0 aromatic heterocycles. The fraction of sp³-hybridized carbons (Fsp3) is 0.400. The van der Waals surface area contributed by atoms with Crippen molar-refractivity contribution in [1.82, 2.24) is 0 Å². The Morgan fingerprint density at radius 2 is 1.79 bits per heavy atom. The largest absolute Gasteiger partial charge is 0.296 e. The monoisotopic (exact) mass is 229 g/mol. The van der Waals surface area contributed by atoms with Crippen LogP contribution in [0.3, 0.4) is 0 Å². The predicted molar refractivity (Wildman–Crippen MR) is 65.6 cm³/mol. The lowest BCUT2D eigenvalue weighted by molar-refractivity contribution is 0.693. The van der Waals surface area contributed by atoms with Gasteiger partial charge in [0.2, 0.25) is 0 Å². The van der Waals surface area contributed by atoms with Gasteiger partial charge in [-0.25, -0.2) is 4.21 Å². The van der Waals surface area contributed by atoms with Gasteiger partial charge in [0.15, 0.2) is 10.0 Å². The fourth-order valence-corrected chi connectivity index (χ4v) is 3.45. The maximum atomic E-state index is 11.6. The molecule has 1 atom stereocenters. The van der Waals surface area contributed by atoms with Gasteiger partial charge >= 0.3 is 0 Å². The van der Waals surface area contributed by atoms with E-state index in [1.54, 1.807) is 0 Å². The second-order valence-electron chi connectivity index (χ2n) is 3.90. The summed E-state index contributed by atoms with van der Waals surface area (Å²) in [5, 5.41) is 0. The molecule has 0 bridgehead atoms. The van der Waals surface area contributed by atoms with E-state index in [0.29, 0.717) is 0 Å². The number of benzene rings is 1. The third kappa shape index (κ3) is 4.67. The van der Waals surface area contributed by atoms with Gasteiger partial charge in [-0.05, 0) is 43.7 Å². The van der Waals surface area contributed by atoms with E-state index in [1.165, 1.54) is 10.8 Å². The molecule has 0 aliphatic rings. The van der Waals surface area contributed by atoms with Crippen LogP contribution in [0.15, 0.2) is 30.3 Å². The van der Waals surface area contributed by atoms with Gasteiger partial charge < -0.3 is 0 Å². The maximum Gasteiger partial charge on any atom is 0.179 e.